The predicted octanol–water partition coefficient (Wildman–Crippen LogP) is 6.57. The van der Waals surface area contributed by atoms with Gasteiger partial charge in [0.05, 0.1) is 24.6 Å². The largest absolute Gasteiger partial charge is 0.505 e. The lowest BCUT2D eigenvalue weighted by molar-refractivity contribution is -0.106. The van der Waals surface area contributed by atoms with Crippen molar-refractivity contribution in [3.8, 4) is 11.4 Å². The molecule has 0 spiro atoms. The van der Waals surface area contributed by atoms with E-state index in [2.05, 4.69) is 36.6 Å². The van der Waals surface area contributed by atoms with Gasteiger partial charge >= 0.3 is 5.97 Å². The molecule has 0 fully saturated rings. The van der Waals surface area contributed by atoms with Gasteiger partial charge in [0.2, 0.25) is 12.8 Å². The zero-order valence-corrected chi connectivity index (χ0v) is 27.2. The highest BCUT2D eigenvalue weighted by atomic mass is 16.5. The average Bonchev–Trinajstić information content (AvgIpc) is 3.59. The van der Waals surface area contributed by atoms with Crippen molar-refractivity contribution in [1.29, 1.82) is 0 Å². The number of nitrogens with zero attached hydrogens (tertiary/aromatic N) is 4. The number of phenolic OH excluding ortho intramolecular Hbond substituents is 1. The van der Waals surface area contributed by atoms with Crippen molar-refractivity contribution in [1.82, 2.24) is 9.78 Å². The molecular formula is C37H28N8O7. The second kappa shape index (κ2) is 15.3. The van der Waals surface area contributed by atoms with Gasteiger partial charge in [0.15, 0.2) is 11.6 Å². The van der Waals surface area contributed by atoms with Gasteiger partial charge in [-0.3, -0.25) is 19.2 Å². The third-order valence-corrected chi connectivity index (χ3v) is 7.72. The Morgan fingerprint density at radius 2 is 1.33 bits per heavy atom. The van der Waals surface area contributed by atoms with Crippen LogP contribution in [-0.4, -0.2) is 52.6 Å². The number of anilines is 4. The highest BCUT2D eigenvalue weighted by Gasteiger charge is 2.23. The number of methoxy groups -OCH3 is 1. The molecule has 0 saturated heterocycles. The monoisotopic (exact) mass is 696 g/mol. The van der Waals surface area contributed by atoms with Crippen LogP contribution in [0.15, 0.2) is 120 Å². The van der Waals surface area contributed by atoms with Crippen LogP contribution in [0.25, 0.3) is 16.5 Å². The number of aromatic nitrogens is 2. The van der Waals surface area contributed by atoms with Gasteiger partial charge in [-0.15, -0.1) is 10.2 Å². The Morgan fingerprint density at radius 1 is 0.731 bits per heavy atom. The lowest BCUT2D eigenvalue weighted by Gasteiger charge is -2.13. The van der Waals surface area contributed by atoms with E-state index in [1.165, 1.54) is 36.2 Å². The van der Waals surface area contributed by atoms with E-state index in [1.807, 2.05) is 6.07 Å². The van der Waals surface area contributed by atoms with Crippen molar-refractivity contribution in [3.05, 3.63) is 126 Å². The van der Waals surface area contributed by atoms with Gasteiger partial charge in [-0.05, 0) is 84.2 Å². The molecule has 1 aromatic heterocycles. The second-order valence-corrected chi connectivity index (χ2v) is 11.0. The fourth-order valence-electron chi connectivity index (χ4n) is 5.18. The van der Waals surface area contributed by atoms with E-state index < -0.39 is 23.5 Å². The fraction of sp³-hybridized carbons (Fsp3) is 0.0270. The minimum Gasteiger partial charge on any atom is -0.505 e. The van der Waals surface area contributed by atoms with E-state index >= 15 is 0 Å². The van der Waals surface area contributed by atoms with Crippen LogP contribution in [0.1, 0.15) is 31.1 Å². The maximum atomic E-state index is 13.6. The number of benzene rings is 5. The zero-order chi connectivity index (χ0) is 36.6. The third-order valence-electron chi connectivity index (χ3n) is 7.72. The van der Waals surface area contributed by atoms with Crippen molar-refractivity contribution < 1.29 is 33.8 Å². The Labute approximate surface area is 294 Å². The van der Waals surface area contributed by atoms with Crippen molar-refractivity contribution in [2.45, 2.75) is 0 Å². The van der Waals surface area contributed by atoms with Crippen LogP contribution in [0.3, 0.4) is 0 Å². The molecule has 6 rings (SSSR count). The standard InChI is InChI=1S/C37H28N8O7/c1-52-37(51)31-19-40-45(28-5-3-2-4-6-28)34(31)44-43-32-29-16-7-22(35(49)41-26-12-8-24(9-13-26)38-20-46)17-23(29)18-30(33(32)48)36(50)42-27-14-10-25(11-15-27)39-21-47/h2-21,48H,1H3,(H,38,46)(H,39,47)(H,41,49)(H,42,50). The van der Waals surface area contributed by atoms with Crippen LogP contribution in [0.5, 0.6) is 5.75 Å². The van der Waals surface area contributed by atoms with Crippen LogP contribution in [-0.2, 0) is 14.3 Å². The van der Waals surface area contributed by atoms with E-state index in [-0.39, 0.29) is 28.2 Å². The lowest BCUT2D eigenvalue weighted by Crippen LogP contribution is -2.13. The number of carbonyl (C=O) groups excluding carboxylic acids is 5. The van der Waals surface area contributed by atoms with Crippen molar-refractivity contribution in [3.63, 3.8) is 0 Å². The number of carbonyl (C=O) groups is 5. The zero-order valence-electron chi connectivity index (χ0n) is 27.2. The van der Waals surface area contributed by atoms with Crippen molar-refractivity contribution >= 4 is 75.6 Å². The average molecular weight is 697 g/mol. The quantitative estimate of drug-likeness (QED) is 0.0536. The van der Waals surface area contributed by atoms with Crippen LogP contribution in [0.2, 0.25) is 0 Å². The summed E-state index contributed by atoms with van der Waals surface area (Å²) in [6.07, 6.45) is 2.35. The SMILES string of the molecule is COC(=O)c1cnn(-c2ccccc2)c1N=Nc1c(O)c(C(=O)Nc2ccc(NC=O)cc2)cc2cc(C(=O)Nc3ccc(NC=O)cc3)ccc12. The van der Waals surface area contributed by atoms with Gasteiger partial charge in [0.1, 0.15) is 11.3 Å². The summed E-state index contributed by atoms with van der Waals surface area (Å²) in [6, 6.07) is 27.6. The summed E-state index contributed by atoms with van der Waals surface area (Å²) in [4.78, 5) is 61.1. The fourth-order valence-corrected chi connectivity index (χ4v) is 5.18. The Hall–Kier alpha value is -7.68. The Bertz CT molecular complexity index is 2340. The molecule has 0 bridgehead atoms. The summed E-state index contributed by atoms with van der Waals surface area (Å²) >= 11 is 0. The Kier molecular flexibility index (Phi) is 10.0. The topological polar surface area (TPSA) is 205 Å². The first-order valence-corrected chi connectivity index (χ1v) is 15.5. The van der Waals surface area contributed by atoms with E-state index in [0.29, 0.717) is 52.0 Å². The van der Waals surface area contributed by atoms with Crippen molar-refractivity contribution in [2.75, 3.05) is 28.4 Å². The number of fused-ring (bicyclic) bond motifs is 1. The molecule has 52 heavy (non-hydrogen) atoms. The maximum Gasteiger partial charge on any atom is 0.343 e. The molecule has 6 aromatic rings. The van der Waals surface area contributed by atoms with Crippen LogP contribution < -0.4 is 21.3 Å². The number of nitrogens with one attached hydrogen (secondary N) is 4. The second-order valence-electron chi connectivity index (χ2n) is 11.0. The maximum absolute atomic E-state index is 13.6. The number of ether oxygens (including phenoxy) is 1. The van der Waals surface area contributed by atoms with Gasteiger partial charge in [0, 0.05) is 33.7 Å². The van der Waals surface area contributed by atoms with Crippen molar-refractivity contribution in [2.24, 2.45) is 10.2 Å². The summed E-state index contributed by atoms with van der Waals surface area (Å²) in [6.45, 7) is 0. The number of aromatic hydroxyl groups is 1. The number of phenols is 1. The smallest absolute Gasteiger partial charge is 0.343 e. The minimum atomic E-state index is -0.724. The molecule has 0 saturated carbocycles. The van der Waals surface area contributed by atoms with Gasteiger partial charge in [-0.1, -0.05) is 24.3 Å². The molecule has 0 radical (unpaired) electrons. The Morgan fingerprint density at radius 3 is 1.92 bits per heavy atom. The molecule has 4 amide bonds. The highest BCUT2D eigenvalue weighted by molar-refractivity contribution is 6.13. The predicted molar refractivity (Wildman–Crippen MR) is 193 cm³/mol. The molecule has 0 aliphatic rings. The summed E-state index contributed by atoms with van der Waals surface area (Å²) in [5.41, 5.74) is 2.33. The molecule has 0 unspecified atom stereocenters. The third kappa shape index (κ3) is 7.32. The summed E-state index contributed by atoms with van der Waals surface area (Å²) in [5.74, 6) is -2.44. The normalized spacial score (nSPS) is 10.8. The molecule has 15 nitrogen and oxygen atoms in total. The number of azo groups is 1. The number of rotatable bonds is 12. The molecule has 0 aliphatic carbocycles. The number of hydrogen-bond donors (Lipinski definition) is 5. The molecule has 1 heterocycles. The van der Waals surface area contributed by atoms with Gasteiger partial charge in [0.25, 0.3) is 11.8 Å². The van der Waals surface area contributed by atoms with E-state index in [9.17, 15) is 29.1 Å². The van der Waals surface area contributed by atoms with Crippen LogP contribution >= 0.6 is 0 Å². The first-order valence-electron chi connectivity index (χ1n) is 15.5. The first-order chi connectivity index (χ1) is 25.3. The number of esters is 1. The molecule has 5 aromatic carbocycles. The number of hydrogen-bond acceptors (Lipinski definition) is 10. The number of amides is 4. The van der Waals surface area contributed by atoms with Gasteiger partial charge < -0.3 is 31.1 Å². The molecule has 15 heteroatoms. The minimum absolute atomic E-state index is 0.00478. The highest BCUT2D eigenvalue weighted by Crippen LogP contribution is 2.41. The van der Waals surface area contributed by atoms with E-state index in [4.69, 9.17) is 4.74 Å². The molecule has 0 aliphatic heterocycles. The van der Waals surface area contributed by atoms with Crippen LogP contribution in [0.4, 0.5) is 34.3 Å². The van der Waals surface area contributed by atoms with E-state index in [1.54, 1.807) is 78.9 Å². The van der Waals surface area contributed by atoms with Gasteiger partial charge in [-0.2, -0.15) is 5.10 Å². The Balaban J connectivity index is 1.43. The molecule has 5 N–H and O–H groups in total. The first kappa shape index (κ1) is 34.2. The lowest BCUT2D eigenvalue weighted by atomic mass is 10.00. The molecule has 0 atom stereocenters. The van der Waals surface area contributed by atoms with E-state index in [0.717, 1.165) is 0 Å². The summed E-state index contributed by atoms with van der Waals surface area (Å²) in [5, 5.41) is 35.7. The summed E-state index contributed by atoms with van der Waals surface area (Å²) < 4.78 is 6.30. The molecule has 258 valence electrons. The van der Waals surface area contributed by atoms with Crippen LogP contribution in [0, 0.1) is 0 Å². The van der Waals surface area contributed by atoms with Gasteiger partial charge in [-0.25, -0.2) is 9.48 Å². The molecular weight excluding hydrogens is 668 g/mol. The summed E-state index contributed by atoms with van der Waals surface area (Å²) in [7, 11) is 1.21. The number of para-hydroxylation sites is 1.